The maximum absolute atomic E-state index is 6.48. The van der Waals surface area contributed by atoms with Crippen LogP contribution in [0.15, 0.2) is 34.8 Å². The second-order valence-electron chi connectivity index (χ2n) is 4.04. The van der Waals surface area contributed by atoms with E-state index in [1.165, 1.54) is 7.11 Å². The zero-order valence-electron chi connectivity index (χ0n) is 10.3. The van der Waals surface area contributed by atoms with Gasteiger partial charge in [0.15, 0.2) is 0 Å². The van der Waals surface area contributed by atoms with Crippen molar-refractivity contribution in [3.8, 4) is 5.75 Å². The van der Waals surface area contributed by atoms with E-state index in [9.17, 15) is 0 Å². The molecule has 0 radical (unpaired) electrons. The van der Waals surface area contributed by atoms with Crippen LogP contribution < -0.4 is 4.74 Å². The first-order chi connectivity index (χ1) is 9.43. The molecular formula is C14H9BrCl4O. The molecule has 0 aliphatic carbocycles. The van der Waals surface area contributed by atoms with Gasteiger partial charge < -0.3 is 4.74 Å². The highest BCUT2D eigenvalue weighted by atomic mass is 79.9. The van der Waals surface area contributed by atoms with Crippen molar-refractivity contribution in [1.82, 2.24) is 0 Å². The largest absolute Gasteiger partial charge is 0.495 e. The van der Waals surface area contributed by atoms with Crippen molar-refractivity contribution in [1.29, 1.82) is 0 Å². The normalized spacial score (nSPS) is 12.3. The zero-order valence-corrected chi connectivity index (χ0v) is 14.9. The van der Waals surface area contributed by atoms with Crippen LogP contribution in [0.4, 0.5) is 0 Å². The maximum atomic E-state index is 6.48. The van der Waals surface area contributed by atoms with Gasteiger partial charge in [-0.05, 0) is 29.3 Å². The van der Waals surface area contributed by atoms with Gasteiger partial charge in [0.25, 0.3) is 0 Å². The molecule has 1 unspecified atom stereocenters. The molecule has 0 N–H and O–H groups in total. The van der Waals surface area contributed by atoms with Crippen LogP contribution in [0.25, 0.3) is 0 Å². The molecule has 20 heavy (non-hydrogen) atoms. The Kier molecular flexibility index (Phi) is 5.49. The van der Waals surface area contributed by atoms with Crippen LogP contribution in [-0.4, -0.2) is 7.11 Å². The Morgan fingerprint density at radius 1 is 0.950 bits per heavy atom. The van der Waals surface area contributed by atoms with Crippen LogP contribution in [0.2, 0.25) is 15.1 Å². The zero-order chi connectivity index (χ0) is 14.9. The summed E-state index contributed by atoms with van der Waals surface area (Å²) in [6, 6.07) is 8.83. The van der Waals surface area contributed by atoms with Crippen LogP contribution in [0.5, 0.6) is 5.75 Å². The van der Waals surface area contributed by atoms with E-state index in [2.05, 4.69) is 15.9 Å². The number of rotatable bonds is 3. The third kappa shape index (κ3) is 3.37. The van der Waals surface area contributed by atoms with Gasteiger partial charge in [0.2, 0.25) is 0 Å². The lowest BCUT2D eigenvalue weighted by molar-refractivity contribution is 0.415. The molecule has 0 fully saturated rings. The van der Waals surface area contributed by atoms with Crippen LogP contribution in [0, 0.1) is 0 Å². The van der Waals surface area contributed by atoms with Crippen LogP contribution in [0.1, 0.15) is 16.5 Å². The Morgan fingerprint density at radius 3 is 2.20 bits per heavy atom. The molecule has 2 aromatic rings. The fourth-order valence-electron chi connectivity index (χ4n) is 1.77. The van der Waals surface area contributed by atoms with E-state index in [4.69, 9.17) is 51.1 Å². The van der Waals surface area contributed by atoms with Crippen LogP contribution >= 0.6 is 62.3 Å². The quantitative estimate of drug-likeness (QED) is 0.505. The van der Waals surface area contributed by atoms with Crippen LogP contribution in [-0.2, 0) is 0 Å². The third-order valence-corrected chi connectivity index (χ3v) is 4.69. The Balaban J connectivity index is 2.48. The van der Waals surface area contributed by atoms with E-state index < -0.39 is 5.38 Å². The average Bonchev–Trinajstić information content (AvgIpc) is 2.40. The topological polar surface area (TPSA) is 9.23 Å². The fraction of sp³-hybridized carbons (Fsp3) is 0.143. The van der Waals surface area contributed by atoms with E-state index in [1.54, 1.807) is 18.2 Å². The predicted molar refractivity (Wildman–Crippen MR) is 89.9 cm³/mol. The number of alkyl halides is 1. The fourth-order valence-corrected chi connectivity index (χ4v) is 3.55. The Hall–Kier alpha value is -0.120. The first kappa shape index (κ1) is 16.3. The second kappa shape index (κ2) is 6.76. The monoisotopic (exact) mass is 412 g/mol. The molecule has 0 spiro atoms. The van der Waals surface area contributed by atoms with Gasteiger partial charge in [-0.3, -0.25) is 0 Å². The lowest BCUT2D eigenvalue weighted by Gasteiger charge is -2.15. The number of hydrogen-bond acceptors (Lipinski definition) is 1. The molecule has 0 amide bonds. The molecule has 6 heteroatoms. The van der Waals surface area contributed by atoms with E-state index in [0.717, 1.165) is 10.0 Å². The molecular weight excluding hydrogens is 406 g/mol. The van der Waals surface area contributed by atoms with Crippen molar-refractivity contribution in [3.05, 3.63) is 61.0 Å². The lowest BCUT2D eigenvalue weighted by Crippen LogP contribution is -1.97. The highest BCUT2D eigenvalue weighted by Gasteiger charge is 2.19. The second-order valence-corrected chi connectivity index (χ2v) is 6.61. The minimum atomic E-state index is -0.494. The standard InChI is InChI=1S/C14H9BrCl4O/c1-20-13-6-11(17)9(5-12(13)18)14(19)8-3-2-7(15)4-10(8)16/h2-6,14H,1H3. The molecule has 0 aliphatic rings. The van der Waals surface area contributed by atoms with Gasteiger partial charge in [-0.25, -0.2) is 0 Å². The summed E-state index contributed by atoms with van der Waals surface area (Å²) in [5, 5.41) is 0.991. The summed E-state index contributed by atoms with van der Waals surface area (Å²) in [5.41, 5.74) is 1.45. The summed E-state index contributed by atoms with van der Waals surface area (Å²) < 4.78 is 6.00. The van der Waals surface area contributed by atoms with Crippen molar-refractivity contribution in [2.45, 2.75) is 5.38 Å². The van der Waals surface area contributed by atoms with Gasteiger partial charge in [-0.1, -0.05) is 56.8 Å². The number of halogens is 5. The lowest BCUT2D eigenvalue weighted by atomic mass is 10.0. The van der Waals surface area contributed by atoms with E-state index in [1.807, 2.05) is 12.1 Å². The molecule has 106 valence electrons. The summed E-state index contributed by atoms with van der Waals surface area (Å²) >= 11 is 28.4. The molecule has 0 heterocycles. The molecule has 0 aliphatic heterocycles. The third-order valence-electron chi connectivity index (χ3n) is 2.78. The smallest absolute Gasteiger partial charge is 0.138 e. The van der Waals surface area contributed by atoms with Crippen molar-refractivity contribution in [2.75, 3.05) is 7.11 Å². The minimum Gasteiger partial charge on any atom is -0.495 e. The molecule has 0 bridgehead atoms. The number of ether oxygens (including phenoxy) is 1. The Labute approximate surface area is 145 Å². The molecule has 2 aromatic carbocycles. The number of hydrogen-bond donors (Lipinski definition) is 0. The van der Waals surface area contributed by atoms with E-state index >= 15 is 0 Å². The molecule has 0 saturated heterocycles. The summed E-state index contributed by atoms with van der Waals surface area (Å²) in [5.74, 6) is 0.506. The van der Waals surface area contributed by atoms with E-state index in [0.29, 0.717) is 26.4 Å². The van der Waals surface area contributed by atoms with Crippen molar-refractivity contribution >= 4 is 62.3 Å². The number of benzene rings is 2. The van der Waals surface area contributed by atoms with Gasteiger partial charge in [0.05, 0.1) is 17.5 Å². The molecule has 1 nitrogen and oxygen atoms in total. The average molecular weight is 415 g/mol. The summed E-state index contributed by atoms with van der Waals surface area (Å²) in [6.45, 7) is 0. The Bertz CT molecular complexity index is 645. The minimum absolute atomic E-state index is 0.450. The van der Waals surface area contributed by atoms with Crippen LogP contribution in [0.3, 0.4) is 0 Å². The highest BCUT2D eigenvalue weighted by molar-refractivity contribution is 9.10. The summed E-state index contributed by atoms with van der Waals surface area (Å²) in [6.07, 6.45) is 0. The molecule has 2 rings (SSSR count). The summed E-state index contributed by atoms with van der Waals surface area (Å²) in [4.78, 5) is 0. The van der Waals surface area contributed by atoms with Crippen molar-refractivity contribution in [3.63, 3.8) is 0 Å². The van der Waals surface area contributed by atoms with Gasteiger partial charge in [0, 0.05) is 20.6 Å². The first-order valence-electron chi connectivity index (χ1n) is 5.56. The van der Waals surface area contributed by atoms with E-state index in [-0.39, 0.29) is 0 Å². The summed E-state index contributed by atoms with van der Waals surface area (Å²) in [7, 11) is 1.53. The SMILES string of the molecule is COc1cc(Cl)c(C(Cl)c2ccc(Br)cc2Cl)cc1Cl. The van der Waals surface area contributed by atoms with Crippen molar-refractivity contribution < 1.29 is 4.74 Å². The number of methoxy groups -OCH3 is 1. The Morgan fingerprint density at radius 2 is 1.60 bits per heavy atom. The van der Waals surface area contributed by atoms with Gasteiger partial charge in [-0.2, -0.15) is 0 Å². The molecule has 1 atom stereocenters. The van der Waals surface area contributed by atoms with Gasteiger partial charge in [0.1, 0.15) is 5.75 Å². The first-order valence-corrected chi connectivity index (χ1v) is 7.92. The van der Waals surface area contributed by atoms with Gasteiger partial charge in [-0.15, -0.1) is 11.6 Å². The van der Waals surface area contributed by atoms with Crippen molar-refractivity contribution in [2.24, 2.45) is 0 Å². The highest BCUT2D eigenvalue weighted by Crippen LogP contribution is 2.41. The molecule has 0 saturated carbocycles. The predicted octanol–water partition coefficient (Wildman–Crippen LogP) is 6.75. The maximum Gasteiger partial charge on any atom is 0.138 e. The van der Waals surface area contributed by atoms with Gasteiger partial charge >= 0.3 is 0 Å². The molecule has 0 aromatic heterocycles.